The highest BCUT2D eigenvalue weighted by Crippen LogP contribution is 2.27. The first-order valence-corrected chi connectivity index (χ1v) is 6.58. The first kappa shape index (κ1) is 16.4. The minimum absolute atomic E-state index is 0.237. The molecule has 4 nitrogen and oxygen atoms in total. The molecule has 0 aliphatic rings. The third-order valence-corrected chi connectivity index (χ3v) is 2.88. The van der Waals surface area contributed by atoms with E-state index in [1.54, 1.807) is 13.2 Å². The number of alkyl carbamates (subject to hydrolysis) is 1. The van der Waals surface area contributed by atoms with E-state index in [1.807, 2.05) is 40.7 Å². The Bertz CT molecular complexity index is 495. The zero-order chi connectivity index (χ0) is 15.5. The van der Waals surface area contributed by atoms with Crippen molar-refractivity contribution >= 4 is 19.4 Å². The summed E-state index contributed by atoms with van der Waals surface area (Å²) in [5.74, 6) is 0.688. The molecule has 0 aromatic heterocycles. The quantitative estimate of drug-likeness (QED) is 0.861. The van der Waals surface area contributed by atoms with Gasteiger partial charge in [0.15, 0.2) is 0 Å². The molecule has 5 heteroatoms. The van der Waals surface area contributed by atoms with Crippen molar-refractivity contribution in [3.05, 3.63) is 23.3 Å². The van der Waals surface area contributed by atoms with Gasteiger partial charge >= 0.3 is 6.09 Å². The minimum Gasteiger partial charge on any atom is -0.496 e. The van der Waals surface area contributed by atoms with Crippen molar-refractivity contribution in [3.63, 3.8) is 0 Å². The molecule has 1 N–H and O–H groups in total. The summed E-state index contributed by atoms with van der Waals surface area (Å²) in [5, 5.41) is 2.79. The van der Waals surface area contributed by atoms with Crippen LogP contribution in [0.3, 0.4) is 0 Å². The Kier molecular flexibility index (Phi) is 5.09. The van der Waals surface area contributed by atoms with E-state index in [0.29, 0.717) is 11.2 Å². The second kappa shape index (κ2) is 6.20. The fourth-order valence-electron chi connectivity index (χ4n) is 1.90. The Labute approximate surface area is 122 Å². The van der Waals surface area contributed by atoms with Crippen LogP contribution in [0.25, 0.3) is 0 Å². The third-order valence-electron chi connectivity index (χ3n) is 2.88. The van der Waals surface area contributed by atoms with Crippen molar-refractivity contribution in [3.8, 4) is 5.75 Å². The molecule has 0 bridgehead atoms. The smallest absolute Gasteiger partial charge is 0.408 e. The number of hydrogen-bond acceptors (Lipinski definition) is 3. The van der Waals surface area contributed by atoms with Crippen molar-refractivity contribution in [2.24, 2.45) is 0 Å². The summed E-state index contributed by atoms with van der Waals surface area (Å²) in [6.07, 6.45) is -0.457. The lowest BCUT2D eigenvalue weighted by molar-refractivity contribution is 0.0507. The maximum absolute atomic E-state index is 11.8. The zero-order valence-electron chi connectivity index (χ0n) is 13.0. The fraction of sp³-hybridized carbons (Fsp3) is 0.533. The Morgan fingerprint density at radius 1 is 1.35 bits per heavy atom. The van der Waals surface area contributed by atoms with Crippen LogP contribution in [0.2, 0.25) is 0 Å². The topological polar surface area (TPSA) is 47.6 Å². The molecule has 0 fully saturated rings. The molecule has 20 heavy (non-hydrogen) atoms. The maximum atomic E-state index is 11.8. The average molecular weight is 275 g/mol. The van der Waals surface area contributed by atoms with Gasteiger partial charge in [-0.25, -0.2) is 4.79 Å². The van der Waals surface area contributed by atoms with Gasteiger partial charge in [-0.05, 0) is 40.2 Å². The highest BCUT2D eigenvalue weighted by Gasteiger charge is 2.20. The monoisotopic (exact) mass is 275 g/mol. The van der Waals surface area contributed by atoms with E-state index in [0.717, 1.165) is 11.1 Å². The standard InChI is InChI=1S/C15H22BNO3/c1-9-12(16)8-7-11(13(9)19-6)10(2)17-14(18)20-15(3,4)5/h7-8,10H,1-6H3,(H,17,18). The van der Waals surface area contributed by atoms with Crippen molar-refractivity contribution in [2.45, 2.75) is 46.3 Å². The molecule has 1 rings (SSSR count). The summed E-state index contributed by atoms with van der Waals surface area (Å²) in [6.45, 7) is 9.23. The average Bonchev–Trinajstić information content (AvgIpc) is 2.29. The molecule has 0 aliphatic heterocycles. The van der Waals surface area contributed by atoms with E-state index in [4.69, 9.17) is 17.3 Å². The van der Waals surface area contributed by atoms with Gasteiger partial charge in [0.2, 0.25) is 0 Å². The lowest BCUT2D eigenvalue weighted by Crippen LogP contribution is -2.34. The number of benzene rings is 1. The van der Waals surface area contributed by atoms with Crippen LogP contribution in [0, 0.1) is 6.92 Å². The number of methoxy groups -OCH3 is 1. The Hall–Kier alpha value is -1.65. The number of carbonyl (C=O) groups is 1. The molecule has 0 spiro atoms. The first-order valence-electron chi connectivity index (χ1n) is 6.58. The van der Waals surface area contributed by atoms with Crippen LogP contribution in [0.5, 0.6) is 5.75 Å². The lowest BCUT2D eigenvalue weighted by Gasteiger charge is -2.23. The van der Waals surface area contributed by atoms with Gasteiger partial charge in [0, 0.05) is 5.56 Å². The number of rotatable bonds is 3. The highest BCUT2D eigenvalue weighted by molar-refractivity contribution is 6.33. The number of hydrogen-bond donors (Lipinski definition) is 1. The SMILES string of the molecule is [B]c1ccc(C(C)NC(=O)OC(C)(C)C)c(OC)c1C. The minimum atomic E-state index is -0.523. The molecule has 0 aliphatic carbocycles. The van der Waals surface area contributed by atoms with E-state index in [1.165, 1.54) is 0 Å². The van der Waals surface area contributed by atoms with Gasteiger partial charge in [-0.1, -0.05) is 17.6 Å². The molecule has 2 radical (unpaired) electrons. The number of nitrogens with one attached hydrogen (secondary N) is 1. The molecular weight excluding hydrogens is 253 g/mol. The Morgan fingerprint density at radius 2 is 1.95 bits per heavy atom. The fourth-order valence-corrected chi connectivity index (χ4v) is 1.90. The van der Waals surface area contributed by atoms with Crippen LogP contribution >= 0.6 is 0 Å². The molecular formula is C15H22BNO3. The second-order valence-electron chi connectivity index (χ2n) is 5.77. The van der Waals surface area contributed by atoms with Crippen LogP contribution in [0.15, 0.2) is 12.1 Å². The second-order valence-corrected chi connectivity index (χ2v) is 5.77. The predicted molar refractivity (Wildman–Crippen MR) is 80.9 cm³/mol. The maximum Gasteiger partial charge on any atom is 0.408 e. The molecule has 1 atom stereocenters. The largest absolute Gasteiger partial charge is 0.496 e. The molecule has 1 unspecified atom stereocenters. The van der Waals surface area contributed by atoms with Crippen LogP contribution in [0.1, 0.15) is 44.9 Å². The van der Waals surface area contributed by atoms with Gasteiger partial charge in [-0.2, -0.15) is 0 Å². The molecule has 0 saturated carbocycles. The third kappa shape index (κ3) is 4.18. The zero-order valence-corrected chi connectivity index (χ0v) is 13.0. The predicted octanol–water partition coefficient (Wildman–Crippen LogP) is 2.38. The van der Waals surface area contributed by atoms with Crippen LogP contribution in [0.4, 0.5) is 4.79 Å². The highest BCUT2D eigenvalue weighted by atomic mass is 16.6. The number of amides is 1. The summed E-state index contributed by atoms with van der Waals surface area (Å²) >= 11 is 0. The summed E-state index contributed by atoms with van der Waals surface area (Å²) in [6, 6.07) is 3.42. The Balaban J connectivity index is 2.90. The van der Waals surface area contributed by atoms with E-state index in [9.17, 15) is 4.79 Å². The van der Waals surface area contributed by atoms with Crippen molar-refractivity contribution in [1.29, 1.82) is 0 Å². The first-order chi connectivity index (χ1) is 9.15. The van der Waals surface area contributed by atoms with Gasteiger partial charge in [0.25, 0.3) is 0 Å². The summed E-state index contributed by atoms with van der Waals surface area (Å²) < 4.78 is 10.6. The molecule has 1 aromatic carbocycles. The van der Waals surface area contributed by atoms with E-state index in [2.05, 4.69) is 5.32 Å². The van der Waals surface area contributed by atoms with Crippen molar-refractivity contribution in [2.75, 3.05) is 7.11 Å². The molecule has 108 valence electrons. The van der Waals surface area contributed by atoms with E-state index >= 15 is 0 Å². The van der Waals surface area contributed by atoms with Crippen LogP contribution in [-0.4, -0.2) is 26.7 Å². The molecule has 1 aromatic rings. The molecule has 0 heterocycles. The van der Waals surface area contributed by atoms with Crippen LogP contribution < -0.4 is 15.5 Å². The molecule has 1 amide bonds. The normalized spacial score (nSPS) is 12.7. The van der Waals surface area contributed by atoms with Gasteiger partial charge in [0.1, 0.15) is 19.2 Å². The van der Waals surface area contributed by atoms with Crippen molar-refractivity contribution in [1.82, 2.24) is 5.32 Å². The number of carbonyl (C=O) groups excluding carboxylic acids is 1. The van der Waals surface area contributed by atoms with Gasteiger partial charge < -0.3 is 14.8 Å². The summed E-state index contributed by atoms with van der Waals surface area (Å²) in [4.78, 5) is 11.8. The van der Waals surface area contributed by atoms with Gasteiger partial charge in [-0.3, -0.25) is 0 Å². The summed E-state index contributed by atoms with van der Waals surface area (Å²) in [7, 11) is 7.45. The molecule has 0 saturated heterocycles. The Morgan fingerprint density at radius 3 is 2.45 bits per heavy atom. The van der Waals surface area contributed by atoms with Gasteiger partial charge in [-0.15, -0.1) is 0 Å². The van der Waals surface area contributed by atoms with Crippen molar-refractivity contribution < 1.29 is 14.3 Å². The van der Waals surface area contributed by atoms with Crippen LogP contribution in [-0.2, 0) is 4.74 Å². The van der Waals surface area contributed by atoms with Gasteiger partial charge in [0.05, 0.1) is 13.2 Å². The lowest BCUT2D eigenvalue weighted by atomic mass is 9.88. The van der Waals surface area contributed by atoms with E-state index in [-0.39, 0.29) is 6.04 Å². The number of ether oxygens (including phenoxy) is 2. The van der Waals surface area contributed by atoms with E-state index < -0.39 is 11.7 Å². The summed E-state index contributed by atoms with van der Waals surface area (Å²) in [5.41, 5.74) is 1.87.